The van der Waals surface area contributed by atoms with Crippen LogP contribution in [0, 0.1) is 10.1 Å². The first-order chi connectivity index (χ1) is 12.5. The summed E-state index contributed by atoms with van der Waals surface area (Å²) in [5.74, 6) is -0.346. The van der Waals surface area contributed by atoms with Gasteiger partial charge in [-0.05, 0) is 29.0 Å². The average molecular weight is 472 g/mol. The summed E-state index contributed by atoms with van der Waals surface area (Å²) >= 11 is 12.0. The number of halogens is 4. The summed E-state index contributed by atoms with van der Waals surface area (Å²) < 4.78 is 1.53. The molecule has 28 heavy (non-hydrogen) atoms. The molecule has 0 radical (unpaired) electrons. The van der Waals surface area contributed by atoms with Gasteiger partial charge in [0.2, 0.25) is 6.33 Å². The predicted molar refractivity (Wildman–Crippen MR) is 114 cm³/mol. The van der Waals surface area contributed by atoms with Crippen molar-refractivity contribution in [1.29, 1.82) is 0 Å². The van der Waals surface area contributed by atoms with Crippen molar-refractivity contribution >= 4 is 54.0 Å². The van der Waals surface area contributed by atoms with Crippen LogP contribution in [0.2, 0.25) is 10.0 Å². The molecule has 1 fully saturated rings. The van der Waals surface area contributed by atoms with Gasteiger partial charge in [-0.1, -0.05) is 34.3 Å². The Balaban J connectivity index is 0.00000196. The third-order valence-corrected chi connectivity index (χ3v) is 5.14. The van der Waals surface area contributed by atoms with Crippen molar-refractivity contribution in [3.05, 3.63) is 50.2 Å². The Kier molecular flexibility index (Phi) is 10.4. The topological polar surface area (TPSA) is 80.3 Å². The smallest absolute Gasteiger partial charge is 0.390 e. The molecule has 12 heteroatoms. The van der Waals surface area contributed by atoms with Crippen LogP contribution in [0.15, 0.2) is 24.5 Å². The normalized spacial score (nSPS) is 14.9. The molecule has 1 aromatic heterocycles. The number of rotatable bonds is 7. The van der Waals surface area contributed by atoms with Crippen molar-refractivity contribution in [3.8, 4) is 0 Å². The molecule has 0 bridgehead atoms. The maximum atomic E-state index is 10.6. The Hall–Kier alpha value is -1.16. The summed E-state index contributed by atoms with van der Waals surface area (Å²) in [6, 6.07) is 5.77. The number of hydrogen-bond acceptors (Lipinski definition) is 6. The lowest BCUT2D eigenvalue weighted by molar-refractivity contribution is -0.394. The van der Waals surface area contributed by atoms with E-state index < -0.39 is 4.92 Å². The van der Waals surface area contributed by atoms with E-state index in [0.29, 0.717) is 16.6 Å². The van der Waals surface area contributed by atoms with Crippen LogP contribution in [0.4, 0.5) is 5.95 Å². The highest BCUT2D eigenvalue weighted by Crippen LogP contribution is 2.23. The van der Waals surface area contributed by atoms with Gasteiger partial charge in [-0.2, -0.15) is 4.68 Å². The fraction of sp³-hybridized carbons (Fsp3) is 0.500. The maximum Gasteiger partial charge on any atom is 0.490 e. The minimum Gasteiger partial charge on any atom is -0.390 e. The lowest BCUT2D eigenvalue weighted by Crippen LogP contribution is -2.46. The molecule has 2 aromatic rings. The van der Waals surface area contributed by atoms with Crippen LogP contribution >= 0.6 is 48.0 Å². The molecule has 0 aliphatic carbocycles. The summed E-state index contributed by atoms with van der Waals surface area (Å²) in [5.41, 5.74) is 1.17. The van der Waals surface area contributed by atoms with E-state index >= 15 is 0 Å². The SMILES string of the molecule is Cl.Cl.O=[N+]([O-])c1ncn(CCCN2CCN(Cc3ccc(Cl)c(Cl)c3)CC2)n1. The van der Waals surface area contributed by atoms with E-state index in [-0.39, 0.29) is 30.8 Å². The number of aromatic nitrogens is 3. The third-order valence-electron chi connectivity index (χ3n) is 4.40. The minimum absolute atomic E-state index is 0. The molecule has 3 rings (SSSR count). The Morgan fingerprint density at radius 3 is 2.32 bits per heavy atom. The third kappa shape index (κ3) is 7.02. The van der Waals surface area contributed by atoms with Crippen LogP contribution in [-0.4, -0.2) is 62.2 Å². The van der Waals surface area contributed by atoms with Gasteiger partial charge in [0.05, 0.1) is 16.6 Å². The first kappa shape index (κ1) is 24.9. The molecule has 8 nitrogen and oxygen atoms in total. The second-order valence-corrected chi connectivity index (χ2v) is 7.10. The number of nitro groups is 1. The van der Waals surface area contributed by atoms with Crippen molar-refractivity contribution in [2.75, 3.05) is 32.7 Å². The lowest BCUT2D eigenvalue weighted by atomic mass is 10.2. The van der Waals surface area contributed by atoms with Crippen molar-refractivity contribution in [3.63, 3.8) is 0 Å². The average Bonchev–Trinajstić information content (AvgIpc) is 3.09. The zero-order valence-electron chi connectivity index (χ0n) is 15.0. The van der Waals surface area contributed by atoms with Crippen LogP contribution in [0.5, 0.6) is 0 Å². The van der Waals surface area contributed by atoms with Gasteiger partial charge < -0.3 is 15.0 Å². The van der Waals surface area contributed by atoms with Gasteiger partial charge in [-0.15, -0.1) is 24.8 Å². The van der Waals surface area contributed by atoms with Crippen LogP contribution in [0.25, 0.3) is 0 Å². The summed E-state index contributed by atoms with van der Waals surface area (Å²) in [7, 11) is 0. The molecule has 0 spiro atoms. The van der Waals surface area contributed by atoms with Gasteiger partial charge in [-0.3, -0.25) is 4.90 Å². The number of piperazine rings is 1. The molecule has 0 atom stereocenters. The fourth-order valence-corrected chi connectivity index (χ4v) is 3.32. The van der Waals surface area contributed by atoms with Gasteiger partial charge in [0.1, 0.15) is 0 Å². The largest absolute Gasteiger partial charge is 0.490 e. The molecule has 2 heterocycles. The molecule has 0 unspecified atom stereocenters. The Morgan fingerprint density at radius 1 is 1.04 bits per heavy atom. The quantitative estimate of drug-likeness (QED) is 0.453. The second-order valence-electron chi connectivity index (χ2n) is 6.28. The van der Waals surface area contributed by atoms with Crippen molar-refractivity contribution < 1.29 is 4.92 Å². The van der Waals surface area contributed by atoms with Gasteiger partial charge in [-0.25, -0.2) is 0 Å². The zero-order valence-corrected chi connectivity index (χ0v) is 18.2. The highest BCUT2D eigenvalue weighted by atomic mass is 35.5. The highest BCUT2D eigenvalue weighted by Gasteiger charge is 2.18. The van der Waals surface area contributed by atoms with Gasteiger partial charge in [0.25, 0.3) is 0 Å². The van der Waals surface area contributed by atoms with E-state index in [9.17, 15) is 10.1 Å². The van der Waals surface area contributed by atoms with Crippen LogP contribution < -0.4 is 0 Å². The van der Waals surface area contributed by atoms with E-state index in [4.69, 9.17) is 23.2 Å². The van der Waals surface area contributed by atoms with E-state index in [2.05, 4.69) is 19.9 Å². The van der Waals surface area contributed by atoms with Crippen molar-refractivity contribution in [2.45, 2.75) is 19.5 Å². The molecule has 0 N–H and O–H groups in total. The highest BCUT2D eigenvalue weighted by molar-refractivity contribution is 6.42. The molecular weight excluding hydrogens is 450 g/mol. The van der Waals surface area contributed by atoms with Crippen LogP contribution in [0.3, 0.4) is 0 Å². The van der Waals surface area contributed by atoms with E-state index in [0.717, 1.165) is 45.7 Å². The first-order valence-corrected chi connectivity index (χ1v) is 9.19. The Labute approximate surface area is 185 Å². The van der Waals surface area contributed by atoms with E-state index in [1.807, 2.05) is 18.2 Å². The number of nitrogens with zero attached hydrogens (tertiary/aromatic N) is 6. The molecule has 1 saturated heterocycles. The Morgan fingerprint density at radius 2 is 1.71 bits per heavy atom. The summed E-state index contributed by atoms with van der Waals surface area (Å²) in [6.45, 7) is 6.42. The first-order valence-electron chi connectivity index (χ1n) is 8.44. The molecular formula is C16H22Cl4N6O2. The summed E-state index contributed by atoms with van der Waals surface area (Å²) in [6.07, 6.45) is 2.29. The molecule has 1 aromatic carbocycles. The molecule has 1 aliphatic heterocycles. The minimum atomic E-state index is -0.580. The lowest BCUT2D eigenvalue weighted by Gasteiger charge is -2.34. The molecule has 156 valence electrons. The molecule has 1 aliphatic rings. The molecule has 0 saturated carbocycles. The van der Waals surface area contributed by atoms with Gasteiger partial charge in [0, 0.05) is 44.4 Å². The second kappa shape index (κ2) is 11.7. The summed E-state index contributed by atoms with van der Waals surface area (Å²) in [4.78, 5) is 18.4. The van der Waals surface area contributed by atoms with E-state index in [1.54, 1.807) is 0 Å². The Bertz CT molecular complexity index is 767. The maximum absolute atomic E-state index is 10.6. The van der Waals surface area contributed by atoms with Gasteiger partial charge in [0.15, 0.2) is 0 Å². The zero-order chi connectivity index (χ0) is 18.5. The number of hydrogen-bond donors (Lipinski definition) is 0. The number of benzene rings is 1. The van der Waals surface area contributed by atoms with Gasteiger partial charge >= 0.3 is 5.95 Å². The van der Waals surface area contributed by atoms with Crippen LogP contribution in [0.1, 0.15) is 12.0 Å². The van der Waals surface area contributed by atoms with E-state index in [1.165, 1.54) is 16.6 Å². The monoisotopic (exact) mass is 470 g/mol. The fourth-order valence-electron chi connectivity index (χ4n) is 3.00. The van der Waals surface area contributed by atoms with Crippen molar-refractivity contribution in [2.24, 2.45) is 0 Å². The van der Waals surface area contributed by atoms with Crippen molar-refractivity contribution in [1.82, 2.24) is 24.6 Å². The van der Waals surface area contributed by atoms with Crippen LogP contribution in [-0.2, 0) is 13.1 Å². The predicted octanol–water partition coefficient (Wildman–Crippen LogP) is 3.54. The standard InChI is InChI=1S/C16H20Cl2N6O2.2ClH/c17-14-3-2-13(10-15(14)18)11-22-8-6-21(7-9-22)4-1-5-23-12-19-16(20-23)24(25)26;;/h2-3,10,12H,1,4-9,11H2;2*1H. The number of aryl methyl sites for hydroxylation is 1. The molecule has 0 amide bonds. The summed E-state index contributed by atoms with van der Waals surface area (Å²) in [5, 5.41) is 15.6.